The molecule has 2 aromatic heterocycles. The summed E-state index contributed by atoms with van der Waals surface area (Å²) >= 11 is 0. The van der Waals surface area contributed by atoms with Crippen molar-refractivity contribution in [1.82, 2.24) is 19.9 Å². The Morgan fingerprint density at radius 2 is 2.05 bits per heavy atom. The molecule has 0 aliphatic rings. The minimum Gasteiger partial charge on any atom is -0.394 e. The lowest BCUT2D eigenvalue weighted by Gasteiger charge is -2.25. The van der Waals surface area contributed by atoms with Gasteiger partial charge >= 0.3 is 0 Å². The summed E-state index contributed by atoms with van der Waals surface area (Å²) in [6.07, 6.45) is 1.43. The number of carbonyl (C=O) groups is 1. The first-order chi connectivity index (χ1) is 9.40. The summed E-state index contributed by atoms with van der Waals surface area (Å²) in [5.41, 5.74) is 1.35. The molecular formula is C13H18N4O3. The second-order valence-electron chi connectivity index (χ2n) is 5.16. The smallest absolute Gasteiger partial charge is 0.257 e. The molecule has 0 radical (unpaired) electrons. The van der Waals surface area contributed by atoms with Gasteiger partial charge in [-0.2, -0.15) is 5.10 Å². The predicted molar refractivity (Wildman–Crippen MR) is 72.5 cm³/mol. The fraction of sp³-hybridized carbons (Fsp3) is 0.462. The molecule has 0 saturated carbocycles. The van der Waals surface area contributed by atoms with Crippen LogP contribution in [0.3, 0.4) is 0 Å². The van der Waals surface area contributed by atoms with E-state index >= 15 is 0 Å². The molecule has 20 heavy (non-hydrogen) atoms. The molecule has 0 aliphatic carbocycles. The van der Waals surface area contributed by atoms with Gasteiger partial charge < -0.3 is 15.5 Å². The van der Waals surface area contributed by atoms with Crippen LogP contribution in [0.4, 0.5) is 0 Å². The summed E-state index contributed by atoms with van der Waals surface area (Å²) in [5, 5.41) is 25.2. The predicted octanol–water partition coefficient (Wildman–Crippen LogP) is -0.181. The van der Waals surface area contributed by atoms with E-state index in [2.05, 4.69) is 15.4 Å². The standard InChI is InChI=1S/C13H18N4O3/c1-8-4-9(2)17-11(15-8)10(5-14-17)12(20)16-13(3,6-18)7-19/h4-5,18-19H,6-7H2,1-3H3,(H,16,20). The highest BCUT2D eigenvalue weighted by Gasteiger charge is 2.27. The molecule has 0 saturated heterocycles. The second kappa shape index (κ2) is 5.18. The third kappa shape index (κ3) is 2.50. The van der Waals surface area contributed by atoms with Crippen LogP contribution < -0.4 is 5.32 Å². The largest absolute Gasteiger partial charge is 0.394 e. The van der Waals surface area contributed by atoms with Gasteiger partial charge in [-0.15, -0.1) is 0 Å². The molecule has 2 rings (SSSR count). The van der Waals surface area contributed by atoms with Gasteiger partial charge in [-0.3, -0.25) is 4.79 Å². The fourth-order valence-corrected chi connectivity index (χ4v) is 1.90. The molecule has 2 heterocycles. The number of rotatable bonds is 4. The van der Waals surface area contributed by atoms with Crippen LogP contribution in [-0.2, 0) is 0 Å². The van der Waals surface area contributed by atoms with Crippen molar-refractivity contribution in [2.75, 3.05) is 13.2 Å². The van der Waals surface area contributed by atoms with Gasteiger partial charge in [0.25, 0.3) is 5.91 Å². The molecule has 0 fully saturated rings. The third-order valence-corrected chi connectivity index (χ3v) is 3.14. The molecule has 0 bridgehead atoms. The van der Waals surface area contributed by atoms with E-state index in [1.54, 1.807) is 11.4 Å². The lowest BCUT2D eigenvalue weighted by Crippen LogP contribution is -2.51. The van der Waals surface area contributed by atoms with Crippen LogP contribution in [-0.4, -0.2) is 49.5 Å². The Balaban J connectivity index is 2.41. The normalized spacial score (nSPS) is 11.8. The molecule has 7 nitrogen and oxygen atoms in total. The van der Waals surface area contributed by atoms with E-state index in [0.717, 1.165) is 11.4 Å². The molecule has 3 N–H and O–H groups in total. The van der Waals surface area contributed by atoms with Crippen molar-refractivity contribution in [3.05, 3.63) is 29.2 Å². The van der Waals surface area contributed by atoms with Crippen LogP contribution >= 0.6 is 0 Å². The van der Waals surface area contributed by atoms with Crippen LogP contribution in [0.25, 0.3) is 5.65 Å². The first-order valence-electron chi connectivity index (χ1n) is 6.26. The maximum absolute atomic E-state index is 12.2. The quantitative estimate of drug-likeness (QED) is 0.720. The maximum atomic E-state index is 12.2. The molecule has 0 spiro atoms. The van der Waals surface area contributed by atoms with Crippen LogP contribution in [0.2, 0.25) is 0 Å². The number of amides is 1. The molecule has 2 aromatic rings. The topological polar surface area (TPSA) is 99.8 Å². The summed E-state index contributed by atoms with van der Waals surface area (Å²) in [5.74, 6) is -0.428. The number of aryl methyl sites for hydroxylation is 2. The van der Waals surface area contributed by atoms with Crippen LogP contribution in [0.15, 0.2) is 12.3 Å². The highest BCUT2D eigenvalue weighted by atomic mass is 16.3. The average molecular weight is 278 g/mol. The summed E-state index contributed by atoms with van der Waals surface area (Å²) < 4.78 is 1.58. The zero-order valence-corrected chi connectivity index (χ0v) is 11.7. The van der Waals surface area contributed by atoms with E-state index in [-0.39, 0.29) is 13.2 Å². The minimum atomic E-state index is -1.08. The number of nitrogens with one attached hydrogen (secondary N) is 1. The van der Waals surface area contributed by atoms with Gasteiger partial charge in [0.1, 0.15) is 5.56 Å². The van der Waals surface area contributed by atoms with Gasteiger partial charge in [-0.1, -0.05) is 0 Å². The number of aliphatic hydroxyl groups excluding tert-OH is 2. The number of hydrogen-bond donors (Lipinski definition) is 3. The Kier molecular flexibility index (Phi) is 3.74. The molecule has 0 aliphatic heterocycles. The van der Waals surface area contributed by atoms with E-state index in [1.165, 1.54) is 6.20 Å². The summed E-state index contributed by atoms with van der Waals surface area (Å²) in [7, 11) is 0. The van der Waals surface area contributed by atoms with E-state index < -0.39 is 11.4 Å². The molecule has 108 valence electrons. The van der Waals surface area contributed by atoms with Gasteiger partial charge in [0.2, 0.25) is 0 Å². The van der Waals surface area contributed by atoms with Crippen LogP contribution in [0, 0.1) is 13.8 Å². The van der Waals surface area contributed by atoms with Crippen molar-refractivity contribution in [2.45, 2.75) is 26.3 Å². The van der Waals surface area contributed by atoms with E-state index in [4.69, 9.17) is 0 Å². The fourth-order valence-electron chi connectivity index (χ4n) is 1.90. The first kappa shape index (κ1) is 14.4. The number of carbonyl (C=O) groups excluding carboxylic acids is 1. The molecule has 7 heteroatoms. The van der Waals surface area contributed by atoms with Crippen LogP contribution in [0.1, 0.15) is 28.7 Å². The van der Waals surface area contributed by atoms with E-state index in [9.17, 15) is 15.0 Å². The Hall–Kier alpha value is -1.99. The Bertz CT molecular complexity index is 646. The Morgan fingerprint density at radius 1 is 1.40 bits per heavy atom. The van der Waals surface area contributed by atoms with Crippen molar-refractivity contribution in [1.29, 1.82) is 0 Å². The lowest BCUT2D eigenvalue weighted by molar-refractivity contribution is 0.0725. The van der Waals surface area contributed by atoms with Crippen molar-refractivity contribution in [2.24, 2.45) is 0 Å². The Labute approximate surface area is 116 Å². The van der Waals surface area contributed by atoms with Crippen molar-refractivity contribution in [3.8, 4) is 0 Å². The van der Waals surface area contributed by atoms with E-state index in [0.29, 0.717) is 11.2 Å². The highest BCUT2D eigenvalue weighted by molar-refractivity contribution is 6.00. The van der Waals surface area contributed by atoms with Gasteiger partial charge in [0.15, 0.2) is 5.65 Å². The van der Waals surface area contributed by atoms with E-state index in [1.807, 2.05) is 19.9 Å². The average Bonchev–Trinajstić information content (AvgIpc) is 2.82. The molecule has 0 aromatic carbocycles. The lowest BCUT2D eigenvalue weighted by atomic mass is 10.1. The number of nitrogens with zero attached hydrogens (tertiary/aromatic N) is 3. The maximum Gasteiger partial charge on any atom is 0.257 e. The molecule has 0 atom stereocenters. The third-order valence-electron chi connectivity index (χ3n) is 3.14. The van der Waals surface area contributed by atoms with Crippen molar-refractivity contribution in [3.63, 3.8) is 0 Å². The summed E-state index contributed by atoms with van der Waals surface area (Å²) in [6, 6.07) is 1.87. The number of aliphatic hydroxyl groups is 2. The second-order valence-corrected chi connectivity index (χ2v) is 5.16. The minimum absolute atomic E-state index is 0.310. The number of hydrogen-bond acceptors (Lipinski definition) is 5. The Morgan fingerprint density at radius 3 is 2.65 bits per heavy atom. The van der Waals surface area contributed by atoms with Gasteiger partial charge in [-0.25, -0.2) is 9.50 Å². The molecule has 0 unspecified atom stereocenters. The first-order valence-corrected chi connectivity index (χ1v) is 6.26. The van der Waals surface area contributed by atoms with Gasteiger partial charge in [-0.05, 0) is 26.8 Å². The van der Waals surface area contributed by atoms with Gasteiger partial charge in [0.05, 0.1) is 24.9 Å². The zero-order chi connectivity index (χ0) is 14.9. The number of fused-ring (bicyclic) bond motifs is 1. The molecule has 1 amide bonds. The summed E-state index contributed by atoms with van der Waals surface area (Å²) in [4.78, 5) is 16.6. The summed E-state index contributed by atoms with van der Waals surface area (Å²) in [6.45, 7) is 4.55. The SMILES string of the molecule is Cc1cc(C)n2ncc(C(=O)NC(C)(CO)CO)c2n1. The van der Waals surface area contributed by atoms with Gasteiger partial charge in [0, 0.05) is 11.4 Å². The molecular weight excluding hydrogens is 260 g/mol. The van der Waals surface area contributed by atoms with Crippen LogP contribution in [0.5, 0.6) is 0 Å². The number of aromatic nitrogens is 3. The zero-order valence-electron chi connectivity index (χ0n) is 11.7. The van der Waals surface area contributed by atoms with Crippen molar-refractivity contribution < 1.29 is 15.0 Å². The monoisotopic (exact) mass is 278 g/mol. The van der Waals surface area contributed by atoms with Crippen molar-refractivity contribution >= 4 is 11.6 Å². The highest BCUT2D eigenvalue weighted by Crippen LogP contribution is 2.13.